The van der Waals surface area contributed by atoms with Gasteiger partial charge in [0.15, 0.2) is 23.3 Å². The van der Waals surface area contributed by atoms with Crippen LogP contribution in [0.1, 0.15) is 5.69 Å². The quantitative estimate of drug-likeness (QED) is 0.625. The van der Waals surface area contributed by atoms with Crippen LogP contribution in [0, 0.1) is 27.9 Å². The largest absolute Gasteiger partial charge is 0.383 e. The molecule has 18 heavy (non-hydrogen) atoms. The smallest absolute Gasteiger partial charge is 0.194 e. The molecule has 0 unspecified atom stereocenters. The molecule has 0 aliphatic heterocycles. The third-order valence-electron chi connectivity index (χ3n) is 2.28. The second-order valence-electron chi connectivity index (χ2n) is 3.59. The summed E-state index contributed by atoms with van der Waals surface area (Å²) in [6, 6.07) is 1.67. The summed E-state index contributed by atoms with van der Waals surface area (Å²) in [4.78, 5) is 7.98. The maximum absolute atomic E-state index is 13.1. The summed E-state index contributed by atoms with van der Waals surface area (Å²) in [7, 11) is 0. The van der Waals surface area contributed by atoms with Crippen LogP contribution in [0.3, 0.4) is 0 Å². The molecule has 0 atom stereocenters. The molecule has 94 valence electrons. The number of rotatable bonds is 1. The fraction of sp³-hybridized carbons (Fsp3) is 0.0909. The van der Waals surface area contributed by atoms with Gasteiger partial charge in [-0.3, -0.25) is 0 Å². The number of nitrogens with two attached hydrogens (primary N) is 1. The summed E-state index contributed by atoms with van der Waals surface area (Å²) >= 11 is 1.97. The number of aromatic nitrogens is 2. The lowest BCUT2D eigenvalue weighted by Gasteiger charge is -2.06. The van der Waals surface area contributed by atoms with Gasteiger partial charge in [0.1, 0.15) is 5.82 Å². The number of nitrogen functional groups attached to an aromatic ring is 1. The number of hydrogen-bond acceptors (Lipinski definition) is 3. The Balaban J connectivity index is 2.63. The van der Waals surface area contributed by atoms with Crippen LogP contribution in [-0.2, 0) is 0 Å². The lowest BCUT2D eigenvalue weighted by Crippen LogP contribution is -2.03. The van der Waals surface area contributed by atoms with Crippen molar-refractivity contribution in [2.24, 2.45) is 0 Å². The Kier molecular flexibility index (Phi) is 3.42. The molecule has 0 radical (unpaired) electrons. The van der Waals surface area contributed by atoms with E-state index in [4.69, 9.17) is 5.73 Å². The molecule has 2 aromatic rings. The molecule has 1 heterocycles. The normalized spacial score (nSPS) is 10.7. The minimum atomic E-state index is -1.52. The second-order valence-corrected chi connectivity index (χ2v) is 4.66. The van der Waals surface area contributed by atoms with Crippen LogP contribution in [0.25, 0.3) is 11.4 Å². The Morgan fingerprint density at radius 2 is 1.67 bits per heavy atom. The summed E-state index contributed by atoms with van der Waals surface area (Å²) in [5.41, 5.74) is 6.27. The van der Waals surface area contributed by atoms with Gasteiger partial charge in [0.25, 0.3) is 0 Å². The topological polar surface area (TPSA) is 51.8 Å². The van der Waals surface area contributed by atoms with E-state index in [0.29, 0.717) is 9.26 Å². The van der Waals surface area contributed by atoms with Gasteiger partial charge < -0.3 is 5.73 Å². The molecule has 0 saturated carbocycles. The molecule has 0 aliphatic carbocycles. The van der Waals surface area contributed by atoms with Crippen LogP contribution in [-0.4, -0.2) is 9.97 Å². The molecule has 1 aromatic carbocycles. The third kappa shape index (κ3) is 2.26. The summed E-state index contributed by atoms with van der Waals surface area (Å²) in [5.74, 6) is -3.83. The van der Waals surface area contributed by atoms with Gasteiger partial charge in [-0.25, -0.2) is 23.1 Å². The van der Waals surface area contributed by atoms with Gasteiger partial charge in [0.2, 0.25) is 0 Å². The van der Waals surface area contributed by atoms with Crippen LogP contribution < -0.4 is 5.73 Å². The standard InChI is InChI=1S/C11H7F3IN3/c1-4-9(15)10(16)18-11(17-4)5-2-6(12)8(14)7(13)3-5/h2-3H,1H3,(H2,16,17,18). The SMILES string of the molecule is Cc1nc(-c2cc(F)c(F)c(F)c2)nc(N)c1I. The van der Waals surface area contributed by atoms with E-state index in [2.05, 4.69) is 9.97 Å². The maximum atomic E-state index is 13.1. The molecule has 2 rings (SSSR count). The van der Waals surface area contributed by atoms with Crippen molar-refractivity contribution in [2.45, 2.75) is 6.92 Å². The zero-order chi connectivity index (χ0) is 13.4. The lowest BCUT2D eigenvalue weighted by atomic mass is 10.2. The van der Waals surface area contributed by atoms with Crippen LogP contribution >= 0.6 is 22.6 Å². The Morgan fingerprint density at radius 3 is 2.17 bits per heavy atom. The summed E-state index contributed by atoms with van der Waals surface area (Å²) < 4.78 is 39.7. The summed E-state index contributed by atoms with van der Waals surface area (Å²) in [5, 5.41) is 0. The van der Waals surface area contributed by atoms with E-state index < -0.39 is 17.5 Å². The highest BCUT2D eigenvalue weighted by Gasteiger charge is 2.14. The van der Waals surface area contributed by atoms with Gasteiger partial charge in [0.05, 0.1) is 9.26 Å². The molecule has 2 N–H and O–H groups in total. The summed E-state index contributed by atoms with van der Waals surface area (Å²) in [6.07, 6.45) is 0. The molecule has 3 nitrogen and oxygen atoms in total. The Bertz CT molecular complexity index is 529. The molecule has 0 saturated heterocycles. The van der Waals surface area contributed by atoms with E-state index in [1.54, 1.807) is 6.92 Å². The molecular weight excluding hydrogens is 358 g/mol. The predicted octanol–water partition coefficient (Wildman–Crippen LogP) is 3.06. The van der Waals surface area contributed by atoms with Crippen molar-refractivity contribution >= 4 is 28.4 Å². The van der Waals surface area contributed by atoms with Gasteiger partial charge in [-0.2, -0.15) is 0 Å². The zero-order valence-corrected chi connectivity index (χ0v) is 11.3. The highest BCUT2D eigenvalue weighted by Crippen LogP contribution is 2.24. The van der Waals surface area contributed by atoms with Crippen LogP contribution in [0.2, 0.25) is 0 Å². The van der Waals surface area contributed by atoms with E-state index >= 15 is 0 Å². The number of nitrogens with zero attached hydrogens (tertiary/aromatic N) is 2. The molecule has 7 heteroatoms. The molecule has 0 spiro atoms. The molecule has 0 bridgehead atoms. The number of anilines is 1. The molecule has 0 amide bonds. The van der Waals surface area contributed by atoms with Crippen molar-refractivity contribution in [3.63, 3.8) is 0 Å². The monoisotopic (exact) mass is 365 g/mol. The van der Waals surface area contributed by atoms with Crippen LogP contribution in [0.4, 0.5) is 19.0 Å². The molecule has 1 aromatic heterocycles. The first-order chi connectivity index (χ1) is 8.40. The Labute approximate surface area is 114 Å². The Morgan fingerprint density at radius 1 is 1.11 bits per heavy atom. The van der Waals surface area contributed by atoms with Crippen molar-refractivity contribution in [1.29, 1.82) is 0 Å². The third-order valence-corrected chi connectivity index (χ3v) is 3.62. The van der Waals surface area contributed by atoms with Crippen molar-refractivity contribution in [3.8, 4) is 11.4 Å². The first-order valence-corrected chi connectivity index (χ1v) is 5.92. The Hall–Kier alpha value is -1.38. The van der Waals surface area contributed by atoms with Crippen molar-refractivity contribution in [1.82, 2.24) is 9.97 Å². The van der Waals surface area contributed by atoms with Crippen molar-refractivity contribution < 1.29 is 13.2 Å². The molecule has 0 fully saturated rings. The van der Waals surface area contributed by atoms with Gasteiger partial charge in [-0.1, -0.05) is 0 Å². The van der Waals surface area contributed by atoms with Crippen LogP contribution in [0.5, 0.6) is 0 Å². The first-order valence-electron chi connectivity index (χ1n) is 4.84. The van der Waals surface area contributed by atoms with E-state index in [1.165, 1.54) is 0 Å². The van der Waals surface area contributed by atoms with E-state index in [0.717, 1.165) is 12.1 Å². The lowest BCUT2D eigenvalue weighted by molar-refractivity contribution is 0.447. The van der Waals surface area contributed by atoms with Gasteiger partial charge in [0, 0.05) is 5.56 Å². The van der Waals surface area contributed by atoms with E-state index in [1.807, 2.05) is 22.6 Å². The van der Waals surface area contributed by atoms with E-state index in [9.17, 15) is 13.2 Å². The van der Waals surface area contributed by atoms with Gasteiger partial charge >= 0.3 is 0 Å². The fourth-order valence-corrected chi connectivity index (χ4v) is 1.64. The van der Waals surface area contributed by atoms with Crippen molar-refractivity contribution in [2.75, 3.05) is 5.73 Å². The highest BCUT2D eigenvalue weighted by molar-refractivity contribution is 14.1. The average molecular weight is 365 g/mol. The minimum Gasteiger partial charge on any atom is -0.383 e. The first kappa shape index (κ1) is 13.1. The van der Waals surface area contributed by atoms with E-state index in [-0.39, 0.29) is 17.2 Å². The number of hydrogen-bond donors (Lipinski definition) is 1. The molecular formula is C11H7F3IN3. The highest BCUT2D eigenvalue weighted by atomic mass is 127. The predicted molar refractivity (Wildman–Crippen MR) is 69.2 cm³/mol. The average Bonchev–Trinajstić information content (AvgIpc) is 2.31. The second kappa shape index (κ2) is 4.71. The number of halogens is 4. The number of aryl methyl sites for hydroxylation is 1. The fourth-order valence-electron chi connectivity index (χ4n) is 1.40. The van der Waals surface area contributed by atoms with Crippen molar-refractivity contribution in [3.05, 3.63) is 38.8 Å². The van der Waals surface area contributed by atoms with Gasteiger partial charge in [-0.05, 0) is 41.6 Å². The zero-order valence-electron chi connectivity index (χ0n) is 9.14. The number of benzene rings is 1. The minimum absolute atomic E-state index is 0.0394. The van der Waals surface area contributed by atoms with Gasteiger partial charge in [-0.15, -0.1) is 0 Å². The summed E-state index contributed by atoms with van der Waals surface area (Å²) in [6.45, 7) is 1.69. The molecule has 0 aliphatic rings. The maximum Gasteiger partial charge on any atom is 0.194 e. The van der Waals surface area contributed by atoms with Crippen LogP contribution in [0.15, 0.2) is 12.1 Å².